The van der Waals surface area contributed by atoms with E-state index in [-0.39, 0.29) is 5.91 Å². The van der Waals surface area contributed by atoms with Gasteiger partial charge in [0.1, 0.15) is 12.1 Å². The number of anilines is 1. The molecule has 2 aliphatic heterocycles. The van der Waals surface area contributed by atoms with Crippen molar-refractivity contribution < 1.29 is 14.7 Å². The Morgan fingerprint density at radius 2 is 1.74 bits per heavy atom. The summed E-state index contributed by atoms with van der Waals surface area (Å²) in [6.07, 6.45) is 6.95. The molecule has 0 atom stereocenters. The minimum Gasteiger partial charge on any atom is -0.348 e. The highest BCUT2D eigenvalue weighted by atomic mass is 16.1. The first kappa shape index (κ1) is 18.0. The van der Waals surface area contributed by atoms with E-state index < -0.39 is 0 Å². The first-order valence-corrected chi connectivity index (χ1v) is 10.3. The average molecular weight is 367 g/mol. The molecule has 27 heavy (non-hydrogen) atoms. The molecule has 5 nitrogen and oxygen atoms in total. The van der Waals surface area contributed by atoms with E-state index in [9.17, 15) is 4.79 Å². The van der Waals surface area contributed by atoms with Crippen molar-refractivity contribution in [2.24, 2.45) is 0 Å². The summed E-state index contributed by atoms with van der Waals surface area (Å²) in [6.45, 7) is 6.20. The number of hydrogen-bond donors (Lipinski definition) is 2. The van der Waals surface area contributed by atoms with Crippen LogP contribution in [0.15, 0.2) is 42.6 Å². The van der Waals surface area contributed by atoms with Crippen LogP contribution in [0.2, 0.25) is 0 Å². The number of nitrogens with one attached hydrogen (secondary N) is 3. The molecule has 0 radical (unpaired) electrons. The fourth-order valence-corrected chi connectivity index (χ4v) is 4.31. The predicted octanol–water partition coefficient (Wildman–Crippen LogP) is 1.21. The molecule has 2 aromatic rings. The minimum absolute atomic E-state index is 0.00271. The highest BCUT2D eigenvalue weighted by Crippen LogP contribution is 2.19. The number of pyridine rings is 1. The zero-order valence-electron chi connectivity index (χ0n) is 16.0. The lowest BCUT2D eigenvalue weighted by atomic mass is 10.1. The molecular formula is C22H30N4O+2. The molecule has 0 spiro atoms. The Labute approximate surface area is 161 Å². The van der Waals surface area contributed by atoms with E-state index in [1.165, 1.54) is 49.9 Å². The number of hydrogen-bond acceptors (Lipinski definition) is 2. The van der Waals surface area contributed by atoms with Crippen LogP contribution in [0, 0.1) is 0 Å². The molecule has 2 fully saturated rings. The van der Waals surface area contributed by atoms with Gasteiger partial charge in [0.15, 0.2) is 0 Å². The summed E-state index contributed by atoms with van der Waals surface area (Å²) in [5.41, 5.74) is 3.32. The minimum atomic E-state index is -0.00271. The highest BCUT2D eigenvalue weighted by molar-refractivity contribution is 5.98. The van der Waals surface area contributed by atoms with E-state index in [4.69, 9.17) is 0 Å². The number of quaternary nitrogens is 1. The van der Waals surface area contributed by atoms with Gasteiger partial charge in [0, 0.05) is 24.9 Å². The number of nitrogens with zero attached hydrogens (tertiary/aromatic N) is 1. The van der Waals surface area contributed by atoms with Crippen LogP contribution in [0.1, 0.15) is 47.2 Å². The van der Waals surface area contributed by atoms with Gasteiger partial charge in [-0.05, 0) is 30.5 Å². The lowest BCUT2D eigenvalue weighted by molar-refractivity contribution is -0.901. The Hall–Kier alpha value is -2.40. The van der Waals surface area contributed by atoms with Crippen molar-refractivity contribution in [3.8, 4) is 0 Å². The number of benzene rings is 1. The lowest BCUT2D eigenvalue weighted by Crippen LogP contribution is -3.08. The second-order valence-electron chi connectivity index (χ2n) is 7.71. The third-order valence-corrected chi connectivity index (χ3v) is 5.81. The molecule has 1 amide bonds. The first-order valence-electron chi connectivity index (χ1n) is 10.3. The van der Waals surface area contributed by atoms with Gasteiger partial charge in [-0.25, -0.2) is 4.98 Å². The summed E-state index contributed by atoms with van der Waals surface area (Å²) in [5.74, 6) is 0.944. The Morgan fingerprint density at radius 1 is 1.00 bits per heavy atom. The molecule has 3 N–H and O–H groups in total. The number of aromatic amines is 1. The predicted molar refractivity (Wildman–Crippen MR) is 106 cm³/mol. The fraction of sp³-hybridized carbons (Fsp3) is 0.455. The molecule has 4 rings (SSSR count). The van der Waals surface area contributed by atoms with Crippen LogP contribution < -0.4 is 20.1 Å². The quantitative estimate of drug-likeness (QED) is 0.807. The maximum Gasteiger partial charge on any atom is 0.287 e. The second kappa shape index (κ2) is 8.53. The Morgan fingerprint density at radius 3 is 2.52 bits per heavy atom. The standard InChI is InChI=1S/C22H28N4O/c27-22(20-10-7-11-23-21(20)26-14-5-6-15-26)24-16-18-8-1-2-9-19(18)17-25-12-3-4-13-25/h1-2,7-11H,3-6,12-17H2,(H,24,27)/p+2. The van der Waals surface area contributed by atoms with Gasteiger partial charge >= 0.3 is 0 Å². The summed E-state index contributed by atoms with van der Waals surface area (Å²) in [5, 5.41) is 3.15. The molecule has 2 saturated heterocycles. The van der Waals surface area contributed by atoms with E-state index in [0.29, 0.717) is 6.54 Å². The van der Waals surface area contributed by atoms with Gasteiger partial charge in [0.05, 0.1) is 32.4 Å². The third kappa shape index (κ3) is 4.30. The summed E-state index contributed by atoms with van der Waals surface area (Å²) in [7, 11) is 0. The zero-order valence-corrected chi connectivity index (χ0v) is 16.0. The molecular weight excluding hydrogens is 336 g/mol. The number of carbonyl (C=O) groups is 1. The van der Waals surface area contributed by atoms with E-state index in [1.807, 2.05) is 18.3 Å². The first-order chi connectivity index (χ1) is 13.3. The average Bonchev–Trinajstić information content (AvgIpc) is 3.41. The monoisotopic (exact) mass is 366 g/mol. The van der Waals surface area contributed by atoms with Crippen LogP contribution >= 0.6 is 0 Å². The van der Waals surface area contributed by atoms with Crippen molar-refractivity contribution in [1.82, 2.24) is 5.32 Å². The van der Waals surface area contributed by atoms with Crippen LogP contribution in [-0.4, -0.2) is 32.1 Å². The summed E-state index contributed by atoms with van der Waals surface area (Å²) >= 11 is 0. The van der Waals surface area contributed by atoms with Gasteiger partial charge in [-0.1, -0.05) is 24.3 Å². The van der Waals surface area contributed by atoms with E-state index in [0.717, 1.165) is 31.0 Å². The summed E-state index contributed by atoms with van der Waals surface area (Å²) < 4.78 is 0. The number of likely N-dealkylation sites (tertiary alicyclic amines) is 1. The largest absolute Gasteiger partial charge is 0.348 e. The molecule has 0 bridgehead atoms. The molecule has 0 aliphatic carbocycles. The molecule has 1 aromatic heterocycles. The van der Waals surface area contributed by atoms with Crippen LogP contribution in [0.3, 0.4) is 0 Å². The third-order valence-electron chi connectivity index (χ3n) is 5.81. The van der Waals surface area contributed by atoms with E-state index in [2.05, 4.69) is 39.5 Å². The fourth-order valence-electron chi connectivity index (χ4n) is 4.31. The zero-order chi connectivity index (χ0) is 18.5. The van der Waals surface area contributed by atoms with Crippen LogP contribution in [0.5, 0.6) is 0 Å². The SMILES string of the molecule is O=C(NCc1ccccc1C[NH+]1CCCC1)c1ccc[nH+]c1N1CCCC1. The van der Waals surface area contributed by atoms with Crippen molar-refractivity contribution in [3.05, 3.63) is 59.3 Å². The van der Waals surface area contributed by atoms with Crippen LogP contribution in [-0.2, 0) is 13.1 Å². The number of rotatable bonds is 6. The maximum absolute atomic E-state index is 12.9. The van der Waals surface area contributed by atoms with Crippen molar-refractivity contribution in [3.63, 3.8) is 0 Å². The number of carbonyl (C=O) groups excluding carboxylic acids is 1. The van der Waals surface area contributed by atoms with Crippen molar-refractivity contribution in [1.29, 1.82) is 0 Å². The molecule has 142 valence electrons. The Kier molecular flexibility index (Phi) is 5.68. The van der Waals surface area contributed by atoms with Crippen molar-refractivity contribution in [2.75, 3.05) is 31.1 Å². The Balaban J connectivity index is 1.44. The molecule has 1 aromatic carbocycles. The molecule has 3 heterocycles. The molecule has 2 aliphatic rings. The van der Waals surface area contributed by atoms with Gasteiger partial charge in [-0.3, -0.25) is 9.69 Å². The highest BCUT2D eigenvalue weighted by Gasteiger charge is 2.26. The van der Waals surface area contributed by atoms with Gasteiger partial charge in [0.2, 0.25) is 0 Å². The summed E-state index contributed by atoms with van der Waals surface area (Å²) in [6, 6.07) is 12.3. The van der Waals surface area contributed by atoms with Gasteiger partial charge in [0.25, 0.3) is 11.7 Å². The topological polar surface area (TPSA) is 50.9 Å². The second-order valence-corrected chi connectivity index (χ2v) is 7.71. The van der Waals surface area contributed by atoms with E-state index >= 15 is 0 Å². The summed E-state index contributed by atoms with van der Waals surface area (Å²) in [4.78, 5) is 20.1. The molecule has 5 heteroatoms. The lowest BCUT2D eigenvalue weighted by Gasteiger charge is -2.16. The smallest absolute Gasteiger partial charge is 0.287 e. The number of H-pyrrole nitrogens is 1. The molecule has 0 unspecified atom stereocenters. The van der Waals surface area contributed by atoms with E-state index in [1.54, 1.807) is 4.90 Å². The number of amides is 1. The van der Waals surface area contributed by atoms with Crippen LogP contribution in [0.25, 0.3) is 0 Å². The van der Waals surface area contributed by atoms with Gasteiger partial charge < -0.3 is 10.2 Å². The van der Waals surface area contributed by atoms with Crippen molar-refractivity contribution in [2.45, 2.75) is 38.8 Å². The normalized spacial score (nSPS) is 17.4. The Bertz CT molecular complexity index is 779. The van der Waals surface area contributed by atoms with Gasteiger partial charge in [-0.2, -0.15) is 0 Å². The van der Waals surface area contributed by atoms with Gasteiger partial charge in [-0.15, -0.1) is 0 Å². The number of aromatic nitrogens is 1. The molecule has 0 saturated carbocycles. The maximum atomic E-state index is 12.9. The van der Waals surface area contributed by atoms with Crippen LogP contribution in [0.4, 0.5) is 5.82 Å². The van der Waals surface area contributed by atoms with Crippen molar-refractivity contribution >= 4 is 11.7 Å².